The van der Waals surface area contributed by atoms with Gasteiger partial charge in [0, 0.05) is 31.9 Å². The molecule has 3 amide bonds. The van der Waals surface area contributed by atoms with Gasteiger partial charge < -0.3 is 15.1 Å². The van der Waals surface area contributed by atoms with Crippen molar-refractivity contribution in [3.63, 3.8) is 0 Å². The van der Waals surface area contributed by atoms with Crippen LogP contribution >= 0.6 is 0 Å². The predicted molar refractivity (Wildman–Crippen MR) is 92.1 cm³/mol. The fourth-order valence-electron chi connectivity index (χ4n) is 2.75. The molecule has 1 aliphatic heterocycles. The highest BCUT2D eigenvalue weighted by Gasteiger charge is 2.30. The molecule has 0 spiro atoms. The largest absolute Gasteiger partial charge is 0.416 e. The molecule has 0 unspecified atom stereocenters. The average Bonchev–Trinajstić information content (AvgIpc) is 2.67. The molecule has 2 heterocycles. The molecule has 1 aromatic heterocycles. The zero-order valence-electron chi connectivity index (χ0n) is 14.5. The Kier molecular flexibility index (Phi) is 5.48. The van der Waals surface area contributed by atoms with Crippen molar-refractivity contribution in [3.05, 3.63) is 59.7 Å². The molecule has 10 heteroatoms. The Morgan fingerprint density at radius 1 is 0.929 bits per heavy atom. The number of anilines is 1. The number of carbonyl (C=O) groups is 2. The molecule has 148 valence electrons. The lowest BCUT2D eigenvalue weighted by atomic mass is 10.2. The third kappa shape index (κ3) is 4.56. The molecule has 0 saturated carbocycles. The third-order valence-electron chi connectivity index (χ3n) is 4.25. The van der Waals surface area contributed by atoms with Crippen molar-refractivity contribution in [2.75, 3.05) is 31.5 Å². The van der Waals surface area contributed by atoms with E-state index in [0.29, 0.717) is 0 Å². The molecule has 1 saturated heterocycles. The molecular formula is C18H16F4N4O2. The Hall–Kier alpha value is -3.17. The van der Waals surface area contributed by atoms with Crippen molar-refractivity contribution in [3.8, 4) is 0 Å². The molecule has 1 N–H and O–H groups in total. The van der Waals surface area contributed by atoms with E-state index in [0.717, 1.165) is 18.2 Å². The minimum atomic E-state index is -4.44. The number of alkyl halides is 3. The highest BCUT2D eigenvalue weighted by Crippen LogP contribution is 2.29. The van der Waals surface area contributed by atoms with Gasteiger partial charge in [-0.2, -0.15) is 17.6 Å². The maximum Gasteiger partial charge on any atom is 0.416 e. The summed E-state index contributed by atoms with van der Waals surface area (Å²) in [5.41, 5.74) is -0.577. The molecular weight excluding hydrogens is 380 g/mol. The summed E-state index contributed by atoms with van der Waals surface area (Å²) in [5, 5.41) is 2.53. The van der Waals surface area contributed by atoms with Crippen LogP contribution in [-0.4, -0.2) is 52.9 Å². The van der Waals surface area contributed by atoms with Crippen LogP contribution in [0.2, 0.25) is 0 Å². The molecule has 28 heavy (non-hydrogen) atoms. The van der Waals surface area contributed by atoms with Crippen LogP contribution < -0.4 is 5.32 Å². The number of hydrogen-bond acceptors (Lipinski definition) is 3. The number of rotatable bonds is 2. The molecule has 0 atom stereocenters. The Morgan fingerprint density at radius 3 is 2.11 bits per heavy atom. The van der Waals surface area contributed by atoms with Gasteiger partial charge in [-0.3, -0.25) is 4.79 Å². The molecule has 6 nitrogen and oxygen atoms in total. The number of nitrogens with zero attached hydrogens (tertiary/aromatic N) is 3. The summed E-state index contributed by atoms with van der Waals surface area (Å²) < 4.78 is 50.9. The molecule has 1 aromatic carbocycles. The number of urea groups is 1. The van der Waals surface area contributed by atoms with E-state index in [4.69, 9.17) is 0 Å². The number of piperazine rings is 1. The first-order valence-corrected chi connectivity index (χ1v) is 8.39. The van der Waals surface area contributed by atoms with Crippen molar-refractivity contribution in [1.82, 2.24) is 14.8 Å². The van der Waals surface area contributed by atoms with Crippen LogP contribution in [0.3, 0.4) is 0 Å². The fourth-order valence-corrected chi connectivity index (χ4v) is 2.75. The SMILES string of the molecule is O=C(Nc1ccc(C(F)(F)F)cc1)N1CCN(C(=O)c2cccc(F)n2)CC1. The van der Waals surface area contributed by atoms with E-state index in [9.17, 15) is 27.2 Å². The smallest absolute Gasteiger partial charge is 0.334 e. The molecule has 1 aliphatic rings. The highest BCUT2D eigenvalue weighted by atomic mass is 19.4. The predicted octanol–water partition coefficient (Wildman–Crippen LogP) is 3.23. The monoisotopic (exact) mass is 396 g/mol. The molecule has 2 aromatic rings. The van der Waals surface area contributed by atoms with Gasteiger partial charge in [-0.05, 0) is 36.4 Å². The van der Waals surface area contributed by atoms with E-state index >= 15 is 0 Å². The second-order valence-corrected chi connectivity index (χ2v) is 6.13. The van der Waals surface area contributed by atoms with Gasteiger partial charge in [-0.15, -0.1) is 0 Å². The second-order valence-electron chi connectivity index (χ2n) is 6.13. The maximum absolute atomic E-state index is 13.2. The minimum absolute atomic E-state index is 0.0114. The maximum atomic E-state index is 13.2. The summed E-state index contributed by atoms with van der Waals surface area (Å²) in [6.45, 7) is 0.927. The number of aromatic nitrogens is 1. The first kappa shape index (κ1) is 19.6. The number of nitrogens with one attached hydrogen (secondary N) is 1. The van der Waals surface area contributed by atoms with Crippen LogP contribution in [0.15, 0.2) is 42.5 Å². The van der Waals surface area contributed by atoms with Crippen molar-refractivity contribution in [2.24, 2.45) is 0 Å². The number of halogens is 4. The Labute approximate surface area is 157 Å². The molecule has 0 bridgehead atoms. The van der Waals surface area contributed by atoms with Crippen LogP contribution in [0.1, 0.15) is 16.1 Å². The average molecular weight is 396 g/mol. The van der Waals surface area contributed by atoms with E-state index < -0.39 is 29.6 Å². The Balaban J connectivity index is 1.54. The van der Waals surface area contributed by atoms with Gasteiger partial charge in [0.2, 0.25) is 5.95 Å². The summed E-state index contributed by atoms with van der Waals surface area (Å²) in [4.78, 5) is 31.0. The standard InChI is InChI=1S/C18H16F4N4O2/c19-15-3-1-2-14(24-15)16(27)25-8-10-26(11-9-25)17(28)23-13-6-4-12(5-7-13)18(20,21)22/h1-7H,8-11H2,(H,23,28). The first-order valence-electron chi connectivity index (χ1n) is 8.39. The van der Waals surface area contributed by atoms with E-state index in [1.807, 2.05) is 0 Å². The summed E-state index contributed by atoms with van der Waals surface area (Å²) in [7, 11) is 0. The molecule has 3 rings (SSSR count). The van der Waals surface area contributed by atoms with Crippen molar-refractivity contribution >= 4 is 17.6 Å². The second kappa shape index (κ2) is 7.83. The topological polar surface area (TPSA) is 65.5 Å². The van der Waals surface area contributed by atoms with Crippen molar-refractivity contribution in [1.29, 1.82) is 0 Å². The van der Waals surface area contributed by atoms with E-state index in [-0.39, 0.29) is 37.6 Å². The van der Waals surface area contributed by atoms with Crippen molar-refractivity contribution in [2.45, 2.75) is 6.18 Å². The van der Waals surface area contributed by atoms with E-state index in [1.165, 1.54) is 34.1 Å². The summed E-state index contributed by atoms with van der Waals surface area (Å²) >= 11 is 0. The van der Waals surface area contributed by atoms with Gasteiger partial charge in [-0.25, -0.2) is 9.78 Å². The summed E-state index contributed by atoms with van der Waals surface area (Å²) in [6, 6.07) is 7.59. The van der Waals surface area contributed by atoms with Gasteiger partial charge in [-0.1, -0.05) is 6.07 Å². The molecule has 1 fully saturated rings. The van der Waals surface area contributed by atoms with Crippen LogP contribution in [0, 0.1) is 5.95 Å². The number of hydrogen-bond donors (Lipinski definition) is 1. The molecule has 0 aliphatic carbocycles. The normalized spacial score (nSPS) is 14.7. The number of benzene rings is 1. The quantitative estimate of drug-likeness (QED) is 0.626. The minimum Gasteiger partial charge on any atom is -0.334 e. The lowest BCUT2D eigenvalue weighted by molar-refractivity contribution is -0.137. The van der Waals surface area contributed by atoms with Crippen LogP contribution in [0.25, 0.3) is 0 Å². The lowest BCUT2D eigenvalue weighted by Crippen LogP contribution is -2.51. The fraction of sp³-hybridized carbons (Fsp3) is 0.278. The van der Waals surface area contributed by atoms with Gasteiger partial charge in [0.1, 0.15) is 5.69 Å². The highest BCUT2D eigenvalue weighted by molar-refractivity contribution is 5.93. The Bertz CT molecular complexity index is 863. The Morgan fingerprint density at radius 2 is 1.54 bits per heavy atom. The number of pyridine rings is 1. The summed E-state index contributed by atoms with van der Waals surface area (Å²) in [5.74, 6) is -1.18. The van der Waals surface area contributed by atoms with Gasteiger partial charge in [0.25, 0.3) is 5.91 Å². The molecule has 0 radical (unpaired) electrons. The summed E-state index contributed by atoms with van der Waals surface area (Å²) in [6.07, 6.45) is -4.44. The first-order chi connectivity index (χ1) is 13.2. The zero-order chi connectivity index (χ0) is 20.3. The number of carbonyl (C=O) groups excluding carboxylic acids is 2. The lowest BCUT2D eigenvalue weighted by Gasteiger charge is -2.34. The number of amides is 3. The van der Waals surface area contributed by atoms with Gasteiger partial charge in [0.05, 0.1) is 5.56 Å². The van der Waals surface area contributed by atoms with E-state index in [2.05, 4.69) is 10.3 Å². The van der Waals surface area contributed by atoms with E-state index in [1.54, 1.807) is 0 Å². The van der Waals surface area contributed by atoms with Crippen LogP contribution in [-0.2, 0) is 6.18 Å². The van der Waals surface area contributed by atoms with Crippen molar-refractivity contribution < 1.29 is 27.2 Å². The van der Waals surface area contributed by atoms with Gasteiger partial charge >= 0.3 is 12.2 Å². The third-order valence-corrected chi connectivity index (χ3v) is 4.25. The van der Waals surface area contributed by atoms with Crippen LogP contribution in [0.4, 0.5) is 28.0 Å². The van der Waals surface area contributed by atoms with Gasteiger partial charge in [0.15, 0.2) is 0 Å². The van der Waals surface area contributed by atoms with Crippen LogP contribution in [0.5, 0.6) is 0 Å². The zero-order valence-corrected chi connectivity index (χ0v) is 14.5.